The lowest BCUT2D eigenvalue weighted by Gasteiger charge is -2.20. The zero-order valence-electron chi connectivity index (χ0n) is 14.6. The van der Waals surface area contributed by atoms with Gasteiger partial charge < -0.3 is 15.1 Å². The van der Waals surface area contributed by atoms with E-state index >= 15 is 0 Å². The van der Waals surface area contributed by atoms with E-state index in [2.05, 4.69) is 10.2 Å². The molecule has 1 aliphatic heterocycles. The fourth-order valence-corrected chi connectivity index (χ4v) is 2.90. The first-order valence-electron chi connectivity index (χ1n) is 8.19. The van der Waals surface area contributed by atoms with Crippen LogP contribution in [0, 0.1) is 19.8 Å². The van der Waals surface area contributed by atoms with E-state index in [-0.39, 0.29) is 17.7 Å². The molecular weight excluding hydrogens is 290 g/mol. The molecule has 0 saturated carbocycles. The zero-order valence-corrected chi connectivity index (χ0v) is 14.6. The smallest absolute Gasteiger partial charge is 0.227 e. The monoisotopic (exact) mass is 317 g/mol. The van der Waals surface area contributed by atoms with Crippen molar-refractivity contribution in [1.82, 2.24) is 10.2 Å². The summed E-state index contributed by atoms with van der Waals surface area (Å²) in [6.45, 7) is 6.13. The van der Waals surface area contributed by atoms with Gasteiger partial charge in [0, 0.05) is 25.2 Å². The molecule has 1 heterocycles. The Kier molecular flexibility index (Phi) is 5.77. The third-order valence-corrected chi connectivity index (χ3v) is 4.44. The number of rotatable bonds is 6. The SMILES string of the molecule is Cc1cccc(N2CC(C(=O)NCCCN(C)C)CC2=O)c1C. The molecular formula is C18H27N3O2. The van der Waals surface area contributed by atoms with Crippen molar-refractivity contribution in [2.75, 3.05) is 38.6 Å². The lowest BCUT2D eigenvalue weighted by Crippen LogP contribution is -2.34. The van der Waals surface area contributed by atoms with E-state index in [0.717, 1.165) is 29.8 Å². The summed E-state index contributed by atoms with van der Waals surface area (Å²) in [7, 11) is 4.03. The minimum absolute atomic E-state index is 0.00934. The maximum absolute atomic E-state index is 12.3. The standard InChI is InChI=1S/C18H27N3O2/c1-13-7-5-8-16(14(13)2)21-12-15(11-17(21)22)18(23)19-9-6-10-20(3)4/h5,7-8,15H,6,9-12H2,1-4H3,(H,19,23). The van der Waals surface area contributed by atoms with E-state index in [1.807, 2.05) is 46.1 Å². The van der Waals surface area contributed by atoms with Gasteiger partial charge in [-0.1, -0.05) is 12.1 Å². The Bertz CT molecular complexity index is 584. The van der Waals surface area contributed by atoms with Crippen LogP contribution in [0.25, 0.3) is 0 Å². The molecule has 0 bridgehead atoms. The highest BCUT2D eigenvalue weighted by atomic mass is 16.2. The van der Waals surface area contributed by atoms with E-state index in [1.165, 1.54) is 0 Å². The van der Waals surface area contributed by atoms with Crippen molar-refractivity contribution in [3.8, 4) is 0 Å². The first-order valence-corrected chi connectivity index (χ1v) is 8.19. The molecule has 23 heavy (non-hydrogen) atoms. The largest absolute Gasteiger partial charge is 0.356 e. The summed E-state index contributed by atoms with van der Waals surface area (Å²) in [5, 5.41) is 2.95. The van der Waals surface area contributed by atoms with Gasteiger partial charge in [0.25, 0.3) is 0 Å². The molecule has 0 spiro atoms. The molecule has 126 valence electrons. The molecule has 0 radical (unpaired) electrons. The molecule has 0 aliphatic carbocycles. The van der Waals surface area contributed by atoms with Gasteiger partial charge in [0.2, 0.25) is 11.8 Å². The van der Waals surface area contributed by atoms with E-state index in [0.29, 0.717) is 19.5 Å². The maximum atomic E-state index is 12.3. The molecule has 5 heteroatoms. The van der Waals surface area contributed by atoms with Crippen LogP contribution in [0.5, 0.6) is 0 Å². The highest BCUT2D eigenvalue weighted by Gasteiger charge is 2.35. The van der Waals surface area contributed by atoms with Crippen molar-refractivity contribution in [1.29, 1.82) is 0 Å². The summed E-state index contributed by atoms with van der Waals surface area (Å²) < 4.78 is 0. The normalized spacial score (nSPS) is 17.9. The summed E-state index contributed by atoms with van der Waals surface area (Å²) in [4.78, 5) is 28.4. The van der Waals surface area contributed by atoms with Crippen LogP contribution in [0.3, 0.4) is 0 Å². The molecule has 0 aromatic heterocycles. The van der Waals surface area contributed by atoms with Gasteiger partial charge in [-0.05, 0) is 58.1 Å². The van der Waals surface area contributed by atoms with Gasteiger partial charge in [-0.3, -0.25) is 9.59 Å². The highest BCUT2D eigenvalue weighted by Crippen LogP contribution is 2.29. The number of carbonyl (C=O) groups excluding carboxylic acids is 2. The van der Waals surface area contributed by atoms with Gasteiger partial charge in [-0.25, -0.2) is 0 Å². The second kappa shape index (κ2) is 7.59. The van der Waals surface area contributed by atoms with Crippen molar-refractivity contribution in [2.45, 2.75) is 26.7 Å². The molecule has 1 atom stereocenters. The summed E-state index contributed by atoms with van der Waals surface area (Å²) >= 11 is 0. The van der Waals surface area contributed by atoms with Crippen LogP contribution in [0.4, 0.5) is 5.69 Å². The van der Waals surface area contributed by atoms with E-state index in [1.54, 1.807) is 4.90 Å². The Hall–Kier alpha value is -1.88. The fourth-order valence-electron chi connectivity index (χ4n) is 2.90. The van der Waals surface area contributed by atoms with Gasteiger partial charge in [0.1, 0.15) is 0 Å². The first kappa shape index (κ1) is 17.5. The number of nitrogens with one attached hydrogen (secondary N) is 1. The van der Waals surface area contributed by atoms with Crippen molar-refractivity contribution in [2.24, 2.45) is 5.92 Å². The second-order valence-electron chi connectivity index (χ2n) is 6.57. The van der Waals surface area contributed by atoms with Crippen LogP contribution >= 0.6 is 0 Å². The average molecular weight is 317 g/mol. The number of nitrogens with zero attached hydrogens (tertiary/aromatic N) is 2. The molecule has 5 nitrogen and oxygen atoms in total. The molecule has 1 aromatic rings. The summed E-state index contributed by atoms with van der Waals surface area (Å²) in [5.74, 6) is -0.223. The minimum atomic E-state index is -0.248. The summed E-state index contributed by atoms with van der Waals surface area (Å²) in [5.41, 5.74) is 3.19. The molecule has 1 unspecified atom stereocenters. The predicted octanol–water partition coefficient (Wildman–Crippen LogP) is 1.72. The maximum Gasteiger partial charge on any atom is 0.227 e. The summed E-state index contributed by atoms with van der Waals surface area (Å²) in [6.07, 6.45) is 1.22. The molecule has 2 amide bonds. The molecule has 1 aromatic carbocycles. The number of aryl methyl sites for hydroxylation is 1. The average Bonchev–Trinajstić information content (AvgIpc) is 2.88. The van der Waals surface area contributed by atoms with Gasteiger partial charge in [-0.2, -0.15) is 0 Å². The topological polar surface area (TPSA) is 52.7 Å². The molecule has 1 N–H and O–H groups in total. The number of anilines is 1. The Morgan fingerprint density at radius 3 is 2.78 bits per heavy atom. The minimum Gasteiger partial charge on any atom is -0.356 e. The van der Waals surface area contributed by atoms with E-state index < -0.39 is 0 Å². The fraction of sp³-hybridized carbons (Fsp3) is 0.556. The Labute approximate surface area is 138 Å². The van der Waals surface area contributed by atoms with Crippen molar-refractivity contribution in [3.63, 3.8) is 0 Å². The van der Waals surface area contributed by atoms with Crippen LogP contribution in [-0.2, 0) is 9.59 Å². The molecule has 1 aliphatic rings. The lowest BCUT2D eigenvalue weighted by atomic mass is 10.1. The Morgan fingerprint density at radius 2 is 2.09 bits per heavy atom. The Morgan fingerprint density at radius 1 is 1.35 bits per heavy atom. The molecule has 2 rings (SSSR count). The van der Waals surface area contributed by atoms with Gasteiger partial charge in [0.05, 0.1) is 5.92 Å². The molecule has 1 fully saturated rings. The predicted molar refractivity (Wildman–Crippen MR) is 92.6 cm³/mol. The van der Waals surface area contributed by atoms with Gasteiger partial charge >= 0.3 is 0 Å². The van der Waals surface area contributed by atoms with Crippen LogP contribution in [0.1, 0.15) is 24.0 Å². The number of carbonyl (C=O) groups is 2. The number of benzene rings is 1. The zero-order chi connectivity index (χ0) is 17.0. The summed E-state index contributed by atoms with van der Waals surface area (Å²) in [6, 6.07) is 5.95. The van der Waals surface area contributed by atoms with Crippen molar-refractivity contribution in [3.05, 3.63) is 29.3 Å². The van der Waals surface area contributed by atoms with Crippen molar-refractivity contribution < 1.29 is 9.59 Å². The molecule has 1 saturated heterocycles. The van der Waals surface area contributed by atoms with E-state index in [9.17, 15) is 9.59 Å². The van der Waals surface area contributed by atoms with Crippen LogP contribution in [-0.4, -0.2) is 50.4 Å². The van der Waals surface area contributed by atoms with E-state index in [4.69, 9.17) is 0 Å². The number of amides is 2. The number of hydrogen-bond donors (Lipinski definition) is 1. The third kappa shape index (κ3) is 4.32. The lowest BCUT2D eigenvalue weighted by molar-refractivity contribution is -0.126. The van der Waals surface area contributed by atoms with Crippen LogP contribution in [0.2, 0.25) is 0 Å². The van der Waals surface area contributed by atoms with Crippen LogP contribution < -0.4 is 10.2 Å². The van der Waals surface area contributed by atoms with Crippen LogP contribution in [0.15, 0.2) is 18.2 Å². The quantitative estimate of drug-likeness (QED) is 0.813. The third-order valence-electron chi connectivity index (χ3n) is 4.44. The Balaban J connectivity index is 1.94. The van der Waals surface area contributed by atoms with Gasteiger partial charge in [0.15, 0.2) is 0 Å². The van der Waals surface area contributed by atoms with Crippen molar-refractivity contribution >= 4 is 17.5 Å². The second-order valence-corrected chi connectivity index (χ2v) is 6.57. The van der Waals surface area contributed by atoms with Gasteiger partial charge in [-0.15, -0.1) is 0 Å². The highest BCUT2D eigenvalue weighted by molar-refractivity contribution is 6.00. The number of hydrogen-bond acceptors (Lipinski definition) is 3. The first-order chi connectivity index (χ1) is 10.9.